The van der Waals surface area contributed by atoms with E-state index >= 15 is 0 Å². The van der Waals surface area contributed by atoms with E-state index in [2.05, 4.69) is 20.3 Å². The molecule has 29 heavy (non-hydrogen) atoms. The predicted molar refractivity (Wildman–Crippen MR) is 110 cm³/mol. The molecule has 0 spiro atoms. The topological polar surface area (TPSA) is 73.3 Å². The number of pyridine rings is 1. The van der Waals surface area contributed by atoms with E-state index in [1.807, 2.05) is 12.1 Å². The highest BCUT2D eigenvalue weighted by molar-refractivity contribution is 6.02. The zero-order chi connectivity index (χ0) is 20.2. The fraction of sp³-hybridized carbons (Fsp3) is 0.0909. The molecule has 0 fully saturated rings. The average Bonchev–Trinajstić information content (AvgIpc) is 3.03. The van der Waals surface area contributed by atoms with Gasteiger partial charge in [-0.05, 0) is 48.4 Å². The van der Waals surface area contributed by atoms with Crippen molar-refractivity contribution in [3.05, 3.63) is 83.7 Å². The van der Waals surface area contributed by atoms with E-state index in [0.29, 0.717) is 34.4 Å². The van der Waals surface area contributed by atoms with Crippen molar-refractivity contribution in [2.45, 2.75) is 6.42 Å². The second-order valence-electron chi connectivity index (χ2n) is 6.54. The third kappa shape index (κ3) is 4.24. The molecule has 5 nitrogen and oxygen atoms in total. The predicted octanol–water partition coefficient (Wildman–Crippen LogP) is 4.95. The third-order valence-corrected chi connectivity index (χ3v) is 4.53. The van der Waals surface area contributed by atoms with Gasteiger partial charge in [-0.15, -0.1) is 0 Å². The summed E-state index contributed by atoms with van der Waals surface area (Å²) in [5.41, 5.74) is 2.76. The molecule has 0 bridgehead atoms. The van der Waals surface area contributed by atoms with Crippen LogP contribution in [0.2, 0.25) is 0 Å². The summed E-state index contributed by atoms with van der Waals surface area (Å²) >= 11 is 0. The summed E-state index contributed by atoms with van der Waals surface area (Å²) in [4.78, 5) is 11.0. The Balaban J connectivity index is 1.47. The summed E-state index contributed by atoms with van der Waals surface area (Å²) in [5.74, 6) is -0.970. The fourth-order valence-corrected chi connectivity index (χ4v) is 3.06. The normalized spacial score (nSPS) is 11.4. The van der Waals surface area contributed by atoms with Crippen molar-refractivity contribution in [2.24, 2.45) is 4.99 Å². The van der Waals surface area contributed by atoms with Crippen molar-refractivity contribution in [3.63, 3.8) is 0 Å². The van der Waals surface area contributed by atoms with Gasteiger partial charge in [0.15, 0.2) is 5.88 Å². The summed E-state index contributed by atoms with van der Waals surface area (Å²) in [6.45, 7) is 0.569. The maximum atomic E-state index is 14.4. The van der Waals surface area contributed by atoms with Crippen LogP contribution in [0, 0.1) is 11.6 Å². The molecule has 2 heterocycles. The van der Waals surface area contributed by atoms with Gasteiger partial charge in [0.05, 0.1) is 16.9 Å². The zero-order valence-corrected chi connectivity index (χ0v) is 15.4. The SMILES string of the molecule is Oc1[nH]c2ccc(F)cc2c1C=Nc1ccc(NCCc2cccnc2)c(F)c1. The zero-order valence-electron chi connectivity index (χ0n) is 15.4. The summed E-state index contributed by atoms with van der Waals surface area (Å²) in [6, 6.07) is 12.6. The van der Waals surface area contributed by atoms with E-state index in [1.54, 1.807) is 24.5 Å². The van der Waals surface area contributed by atoms with Crippen molar-refractivity contribution in [3.8, 4) is 5.88 Å². The average molecular weight is 392 g/mol. The number of hydrogen-bond donors (Lipinski definition) is 3. The number of halogens is 2. The first-order valence-electron chi connectivity index (χ1n) is 9.07. The lowest BCUT2D eigenvalue weighted by Crippen LogP contribution is -2.06. The lowest BCUT2D eigenvalue weighted by Gasteiger charge is -2.08. The summed E-state index contributed by atoms with van der Waals surface area (Å²) in [7, 11) is 0. The van der Waals surface area contributed by atoms with Crippen LogP contribution in [0.15, 0.2) is 65.9 Å². The van der Waals surface area contributed by atoms with Gasteiger partial charge in [0.2, 0.25) is 0 Å². The highest BCUT2D eigenvalue weighted by atomic mass is 19.1. The maximum Gasteiger partial charge on any atom is 0.198 e. The van der Waals surface area contributed by atoms with Crippen molar-refractivity contribution in [1.82, 2.24) is 9.97 Å². The van der Waals surface area contributed by atoms with E-state index in [4.69, 9.17) is 0 Å². The largest absolute Gasteiger partial charge is 0.494 e. The number of hydrogen-bond acceptors (Lipinski definition) is 4. The molecule has 0 unspecified atom stereocenters. The Morgan fingerprint density at radius 2 is 2.03 bits per heavy atom. The van der Waals surface area contributed by atoms with Gasteiger partial charge in [-0.3, -0.25) is 9.98 Å². The Labute approximate surface area is 165 Å². The standard InChI is InChI=1S/C22H18F2N4O/c23-15-3-5-20-17(10-15)18(22(29)28-20)13-27-16-4-6-21(19(24)11-16)26-9-7-14-2-1-8-25-12-14/h1-6,8,10-13,26,28-29H,7,9H2. The number of aliphatic imine (C=N–C) groups is 1. The van der Waals surface area contributed by atoms with Crippen molar-refractivity contribution in [1.29, 1.82) is 0 Å². The van der Waals surface area contributed by atoms with Crippen LogP contribution in [0.3, 0.4) is 0 Å². The number of anilines is 1. The smallest absolute Gasteiger partial charge is 0.198 e. The fourth-order valence-electron chi connectivity index (χ4n) is 3.06. The second kappa shape index (κ2) is 8.10. The van der Waals surface area contributed by atoms with Crippen molar-refractivity contribution >= 4 is 28.5 Å². The molecule has 2 aromatic heterocycles. The van der Waals surface area contributed by atoms with Crippen molar-refractivity contribution < 1.29 is 13.9 Å². The van der Waals surface area contributed by atoms with Crippen LogP contribution < -0.4 is 5.32 Å². The van der Waals surface area contributed by atoms with Crippen LogP contribution in [0.1, 0.15) is 11.1 Å². The number of aromatic nitrogens is 2. The van der Waals surface area contributed by atoms with E-state index in [1.165, 1.54) is 30.5 Å². The van der Waals surface area contributed by atoms with E-state index in [-0.39, 0.29) is 5.88 Å². The Morgan fingerprint density at radius 1 is 1.14 bits per heavy atom. The second-order valence-corrected chi connectivity index (χ2v) is 6.54. The summed E-state index contributed by atoms with van der Waals surface area (Å²) < 4.78 is 27.9. The monoisotopic (exact) mass is 392 g/mol. The Bertz CT molecular complexity index is 1170. The molecule has 4 aromatic rings. The molecule has 4 rings (SSSR count). The maximum absolute atomic E-state index is 14.4. The molecule has 0 atom stereocenters. The van der Waals surface area contributed by atoms with Crippen LogP contribution >= 0.6 is 0 Å². The number of aromatic amines is 1. The van der Waals surface area contributed by atoms with E-state index in [0.717, 1.165) is 12.0 Å². The lowest BCUT2D eigenvalue weighted by molar-refractivity contribution is 0.457. The third-order valence-electron chi connectivity index (χ3n) is 4.53. The molecule has 0 aliphatic rings. The first-order valence-corrected chi connectivity index (χ1v) is 9.07. The van der Waals surface area contributed by atoms with E-state index in [9.17, 15) is 13.9 Å². The van der Waals surface area contributed by atoms with Gasteiger partial charge in [-0.25, -0.2) is 8.78 Å². The minimum absolute atomic E-state index is 0.122. The summed E-state index contributed by atoms with van der Waals surface area (Å²) in [6.07, 6.45) is 5.60. The molecule has 0 amide bonds. The number of fused-ring (bicyclic) bond motifs is 1. The molecule has 3 N–H and O–H groups in total. The Kier molecular flexibility index (Phi) is 5.20. The minimum Gasteiger partial charge on any atom is -0.494 e. The van der Waals surface area contributed by atoms with Crippen LogP contribution in [0.5, 0.6) is 5.88 Å². The van der Waals surface area contributed by atoms with Crippen LogP contribution in [0.4, 0.5) is 20.2 Å². The highest BCUT2D eigenvalue weighted by Crippen LogP contribution is 2.27. The van der Waals surface area contributed by atoms with Crippen molar-refractivity contribution in [2.75, 3.05) is 11.9 Å². The van der Waals surface area contributed by atoms with Gasteiger partial charge in [-0.1, -0.05) is 6.07 Å². The molecule has 146 valence electrons. The quantitative estimate of drug-likeness (QED) is 0.407. The number of benzene rings is 2. The minimum atomic E-state index is -0.431. The van der Waals surface area contributed by atoms with Gasteiger partial charge in [0.25, 0.3) is 0 Å². The number of H-pyrrole nitrogens is 1. The first kappa shape index (κ1) is 18.6. The van der Waals surface area contributed by atoms with E-state index < -0.39 is 11.6 Å². The van der Waals surface area contributed by atoms with Gasteiger partial charge in [-0.2, -0.15) is 0 Å². The summed E-state index contributed by atoms with van der Waals surface area (Å²) in [5, 5.41) is 13.6. The van der Waals surface area contributed by atoms with Gasteiger partial charge in [0.1, 0.15) is 11.6 Å². The van der Waals surface area contributed by atoms with Gasteiger partial charge >= 0.3 is 0 Å². The molecule has 0 saturated heterocycles. The number of aromatic hydroxyl groups is 1. The molecule has 0 radical (unpaired) electrons. The van der Waals surface area contributed by atoms with Crippen LogP contribution in [-0.4, -0.2) is 27.8 Å². The first-order chi connectivity index (χ1) is 14.1. The highest BCUT2D eigenvalue weighted by Gasteiger charge is 2.10. The number of nitrogens with zero attached hydrogens (tertiary/aromatic N) is 2. The Morgan fingerprint density at radius 3 is 2.83 bits per heavy atom. The lowest BCUT2D eigenvalue weighted by atomic mass is 10.2. The number of rotatable bonds is 6. The van der Waals surface area contributed by atoms with Crippen LogP contribution in [-0.2, 0) is 6.42 Å². The molecule has 0 aliphatic heterocycles. The molecule has 7 heteroatoms. The molecule has 2 aromatic carbocycles. The number of nitrogens with one attached hydrogen (secondary N) is 2. The van der Waals surface area contributed by atoms with Gasteiger partial charge in [0, 0.05) is 42.1 Å². The molecular weight excluding hydrogens is 374 g/mol. The molecule has 0 saturated carbocycles. The molecular formula is C22H18F2N4O. The van der Waals surface area contributed by atoms with Gasteiger partial charge < -0.3 is 15.4 Å². The Hall–Kier alpha value is -3.74. The molecule has 0 aliphatic carbocycles. The van der Waals surface area contributed by atoms with Crippen LogP contribution in [0.25, 0.3) is 10.9 Å².